The molecule has 1 aromatic rings. The van der Waals surface area contributed by atoms with Crippen LogP contribution in [-0.2, 0) is 14.4 Å². The van der Waals surface area contributed by atoms with Gasteiger partial charge in [0.2, 0.25) is 17.7 Å². The van der Waals surface area contributed by atoms with Gasteiger partial charge in [-0.1, -0.05) is 26.8 Å². The van der Waals surface area contributed by atoms with Crippen LogP contribution in [0.2, 0.25) is 0 Å². The van der Waals surface area contributed by atoms with Crippen molar-refractivity contribution in [3.8, 4) is 6.07 Å². The topological polar surface area (TPSA) is 127 Å². The SMILES string of the molecule is CCN1C(=O)C(CCNc2cccc(NC(=O)C(C)(C)C)n2)SC1CC(C#N)C(=O)NCC(F)(F)F. The Kier molecular flexibility index (Phi) is 9.98. The van der Waals surface area contributed by atoms with Crippen molar-refractivity contribution in [3.63, 3.8) is 0 Å². The summed E-state index contributed by atoms with van der Waals surface area (Å²) in [7, 11) is 0. The lowest BCUT2D eigenvalue weighted by Gasteiger charge is -2.23. The Morgan fingerprint density at radius 3 is 2.50 bits per heavy atom. The lowest BCUT2D eigenvalue weighted by Crippen LogP contribution is -2.40. The maximum atomic E-state index is 12.8. The molecular formula is C23H31F3N6O3S. The van der Waals surface area contributed by atoms with Crippen molar-refractivity contribution in [3.05, 3.63) is 18.2 Å². The van der Waals surface area contributed by atoms with Gasteiger partial charge in [-0.15, -0.1) is 11.8 Å². The minimum Gasteiger partial charge on any atom is -0.370 e. The molecule has 0 radical (unpaired) electrons. The molecule has 0 aromatic carbocycles. The molecule has 1 fully saturated rings. The highest BCUT2D eigenvalue weighted by atomic mass is 32.2. The van der Waals surface area contributed by atoms with E-state index >= 15 is 0 Å². The summed E-state index contributed by atoms with van der Waals surface area (Å²) in [5.74, 6) is -1.72. The van der Waals surface area contributed by atoms with Crippen LogP contribution in [0.15, 0.2) is 18.2 Å². The molecule has 0 aliphatic carbocycles. The second-order valence-electron chi connectivity index (χ2n) is 9.28. The minimum absolute atomic E-state index is 0.0640. The number of hydrogen-bond donors (Lipinski definition) is 3. The average molecular weight is 529 g/mol. The summed E-state index contributed by atoms with van der Waals surface area (Å²) < 4.78 is 37.2. The first kappa shape index (κ1) is 29.2. The van der Waals surface area contributed by atoms with Crippen LogP contribution in [-0.4, -0.2) is 64.0 Å². The Balaban J connectivity index is 1.93. The fourth-order valence-electron chi connectivity index (χ4n) is 3.35. The number of thioether (sulfide) groups is 1. The Morgan fingerprint density at radius 2 is 1.92 bits per heavy atom. The van der Waals surface area contributed by atoms with Gasteiger partial charge in [0.15, 0.2) is 0 Å². The zero-order valence-electron chi connectivity index (χ0n) is 20.6. The molecule has 1 saturated heterocycles. The molecule has 3 atom stereocenters. The second-order valence-corrected chi connectivity index (χ2v) is 10.7. The van der Waals surface area contributed by atoms with E-state index in [2.05, 4.69) is 15.6 Å². The molecule has 0 bridgehead atoms. The number of nitrogens with zero attached hydrogens (tertiary/aromatic N) is 3. The number of carbonyl (C=O) groups is 3. The first-order valence-electron chi connectivity index (χ1n) is 11.5. The summed E-state index contributed by atoms with van der Waals surface area (Å²) >= 11 is 1.29. The summed E-state index contributed by atoms with van der Waals surface area (Å²) in [6, 6.07) is 6.89. The van der Waals surface area contributed by atoms with Gasteiger partial charge in [0.25, 0.3) is 0 Å². The van der Waals surface area contributed by atoms with Crippen molar-refractivity contribution in [2.75, 3.05) is 30.3 Å². The van der Waals surface area contributed by atoms with E-state index < -0.39 is 40.6 Å². The standard InChI is InChI=1S/C23H31F3N6O3S/c1-5-32-18(11-14(12-27)19(33)29-13-23(24,25)26)36-15(20(32)34)9-10-28-16-7-6-8-17(30-16)31-21(35)22(2,3)4/h6-8,14-15,18H,5,9-11,13H2,1-4H3,(H,29,33)(H2,28,30,31,35). The largest absolute Gasteiger partial charge is 0.405 e. The fourth-order valence-corrected chi connectivity index (χ4v) is 4.94. The zero-order valence-corrected chi connectivity index (χ0v) is 21.4. The number of alkyl halides is 3. The Labute approximate surface area is 212 Å². The minimum atomic E-state index is -4.58. The van der Waals surface area contributed by atoms with Gasteiger partial charge < -0.3 is 20.9 Å². The van der Waals surface area contributed by atoms with Gasteiger partial charge in [-0.2, -0.15) is 18.4 Å². The van der Waals surface area contributed by atoms with Crippen LogP contribution in [0.1, 0.15) is 40.5 Å². The third-order valence-corrected chi connectivity index (χ3v) is 6.85. The molecule has 1 aromatic heterocycles. The molecule has 0 saturated carbocycles. The van der Waals surface area contributed by atoms with Crippen LogP contribution in [0.25, 0.3) is 0 Å². The number of amides is 3. The Hall–Kier alpha value is -3.01. The molecule has 2 rings (SSSR count). The van der Waals surface area contributed by atoms with Gasteiger partial charge in [0, 0.05) is 24.9 Å². The van der Waals surface area contributed by atoms with E-state index in [0.29, 0.717) is 31.1 Å². The summed E-state index contributed by atoms with van der Waals surface area (Å²) in [5, 5.41) is 16.0. The number of nitriles is 1. The number of pyridine rings is 1. The van der Waals surface area contributed by atoms with Crippen LogP contribution in [0.4, 0.5) is 24.8 Å². The summed E-state index contributed by atoms with van der Waals surface area (Å²) in [5.41, 5.74) is -0.573. The van der Waals surface area contributed by atoms with Gasteiger partial charge in [-0.3, -0.25) is 14.4 Å². The van der Waals surface area contributed by atoms with Crippen molar-refractivity contribution in [2.45, 2.75) is 57.3 Å². The normalized spacial score (nSPS) is 18.9. The predicted octanol–water partition coefficient (Wildman–Crippen LogP) is 3.37. The molecule has 3 amide bonds. The molecule has 9 nitrogen and oxygen atoms in total. The molecular weight excluding hydrogens is 497 g/mol. The fraction of sp³-hybridized carbons (Fsp3) is 0.609. The van der Waals surface area contributed by atoms with Crippen LogP contribution in [0.3, 0.4) is 0 Å². The molecule has 198 valence electrons. The van der Waals surface area contributed by atoms with E-state index in [0.717, 1.165) is 0 Å². The van der Waals surface area contributed by atoms with Crippen molar-refractivity contribution in [2.24, 2.45) is 11.3 Å². The molecule has 13 heteroatoms. The number of carbonyl (C=O) groups excluding carboxylic acids is 3. The van der Waals surface area contributed by atoms with Gasteiger partial charge in [0.05, 0.1) is 16.7 Å². The highest BCUT2D eigenvalue weighted by Crippen LogP contribution is 2.37. The Bertz CT molecular complexity index is 993. The first-order chi connectivity index (χ1) is 16.7. The predicted molar refractivity (Wildman–Crippen MR) is 131 cm³/mol. The van der Waals surface area contributed by atoms with Crippen molar-refractivity contribution in [1.29, 1.82) is 5.26 Å². The van der Waals surface area contributed by atoms with Crippen molar-refractivity contribution < 1.29 is 27.6 Å². The van der Waals surface area contributed by atoms with E-state index in [-0.39, 0.29) is 18.2 Å². The molecule has 3 unspecified atom stereocenters. The quantitative estimate of drug-likeness (QED) is 0.425. The van der Waals surface area contributed by atoms with Gasteiger partial charge in [0.1, 0.15) is 24.1 Å². The highest BCUT2D eigenvalue weighted by Gasteiger charge is 2.41. The van der Waals surface area contributed by atoms with Crippen molar-refractivity contribution >= 4 is 41.1 Å². The van der Waals surface area contributed by atoms with E-state index in [9.17, 15) is 32.8 Å². The van der Waals surface area contributed by atoms with E-state index in [1.54, 1.807) is 57.3 Å². The summed E-state index contributed by atoms with van der Waals surface area (Å²) in [6.07, 6.45) is -4.21. The number of hydrogen-bond acceptors (Lipinski definition) is 7. The van der Waals surface area contributed by atoms with E-state index in [4.69, 9.17) is 0 Å². The summed E-state index contributed by atoms with van der Waals surface area (Å²) in [6.45, 7) is 6.37. The molecule has 1 aliphatic heterocycles. The van der Waals surface area contributed by atoms with E-state index in [1.807, 2.05) is 0 Å². The maximum Gasteiger partial charge on any atom is 0.405 e. The summed E-state index contributed by atoms with van der Waals surface area (Å²) in [4.78, 5) is 43.0. The van der Waals surface area contributed by atoms with Gasteiger partial charge >= 0.3 is 6.18 Å². The number of nitrogens with one attached hydrogen (secondary N) is 3. The van der Waals surface area contributed by atoms with E-state index in [1.165, 1.54) is 16.7 Å². The monoisotopic (exact) mass is 528 g/mol. The number of aromatic nitrogens is 1. The second kappa shape index (κ2) is 12.3. The molecule has 0 spiro atoms. The van der Waals surface area contributed by atoms with Crippen LogP contribution in [0.5, 0.6) is 0 Å². The third-order valence-electron chi connectivity index (χ3n) is 5.33. The lowest BCUT2D eigenvalue weighted by atomic mass is 9.96. The van der Waals surface area contributed by atoms with Gasteiger partial charge in [-0.25, -0.2) is 4.98 Å². The molecule has 3 N–H and O–H groups in total. The third kappa shape index (κ3) is 8.58. The Morgan fingerprint density at radius 1 is 1.25 bits per heavy atom. The lowest BCUT2D eigenvalue weighted by molar-refractivity contribution is -0.140. The van der Waals surface area contributed by atoms with Crippen LogP contribution >= 0.6 is 11.8 Å². The number of halogens is 3. The number of rotatable bonds is 10. The van der Waals surface area contributed by atoms with Crippen LogP contribution in [0, 0.1) is 22.7 Å². The highest BCUT2D eigenvalue weighted by molar-refractivity contribution is 8.01. The van der Waals surface area contributed by atoms with Crippen LogP contribution < -0.4 is 16.0 Å². The molecule has 1 aliphatic rings. The smallest absolute Gasteiger partial charge is 0.370 e. The first-order valence-corrected chi connectivity index (χ1v) is 12.4. The zero-order chi connectivity index (χ0) is 27.1. The average Bonchev–Trinajstić information content (AvgIpc) is 3.09. The van der Waals surface area contributed by atoms with Crippen molar-refractivity contribution in [1.82, 2.24) is 15.2 Å². The van der Waals surface area contributed by atoms with Gasteiger partial charge in [-0.05, 0) is 25.5 Å². The number of anilines is 2. The maximum absolute atomic E-state index is 12.8. The molecule has 2 heterocycles. The molecule has 36 heavy (non-hydrogen) atoms.